The van der Waals surface area contributed by atoms with E-state index < -0.39 is 0 Å². The molecule has 1 N–H and O–H groups in total. The lowest BCUT2D eigenvalue weighted by Gasteiger charge is -2.58. The van der Waals surface area contributed by atoms with Crippen LogP contribution in [0.1, 0.15) is 138 Å². The molecule has 0 amide bonds. The molecule has 34 heavy (non-hydrogen) atoms. The highest BCUT2D eigenvalue weighted by atomic mass is 16.3. The molecule has 1 atom stereocenters. The maximum Gasteiger partial charge on any atom is 0.123 e. The SMILES string of the molecule is CCCCC(CC)(Cc1cc(C(C)(C)C)c(O)c(C(C)(C)C)c1)C1CC(C)(C)N(C)C(C)(C)C1. The van der Waals surface area contributed by atoms with Crippen LogP contribution in [0.25, 0.3) is 0 Å². The van der Waals surface area contributed by atoms with E-state index in [1.54, 1.807) is 0 Å². The van der Waals surface area contributed by atoms with Crippen molar-refractivity contribution < 1.29 is 5.11 Å². The predicted molar refractivity (Wildman–Crippen MR) is 150 cm³/mol. The summed E-state index contributed by atoms with van der Waals surface area (Å²) in [6.07, 6.45) is 8.65. The highest BCUT2D eigenvalue weighted by molar-refractivity contribution is 5.50. The minimum Gasteiger partial charge on any atom is -0.507 e. The number of phenolic OH excluding ortho intramolecular Hbond substituents is 1. The third-order valence-electron chi connectivity index (χ3n) is 9.25. The van der Waals surface area contributed by atoms with E-state index in [-0.39, 0.29) is 27.3 Å². The number of nitrogens with zero attached hydrogens (tertiary/aromatic N) is 1. The Morgan fingerprint density at radius 1 is 0.882 bits per heavy atom. The molecule has 1 aromatic rings. The van der Waals surface area contributed by atoms with Crippen molar-refractivity contribution >= 4 is 0 Å². The van der Waals surface area contributed by atoms with Crippen molar-refractivity contribution in [3.8, 4) is 5.75 Å². The van der Waals surface area contributed by atoms with Crippen LogP contribution >= 0.6 is 0 Å². The van der Waals surface area contributed by atoms with Gasteiger partial charge in [0.1, 0.15) is 5.75 Å². The Morgan fingerprint density at radius 3 is 1.68 bits per heavy atom. The van der Waals surface area contributed by atoms with Crippen molar-refractivity contribution in [3.63, 3.8) is 0 Å². The Labute approximate surface area is 212 Å². The topological polar surface area (TPSA) is 23.5 Å². The van der Waals surface area contributed by atoms with Crippen LogP contribution < -0.4 is 0 Å². The van der Waals surface area contributed by atoms with E-state index in [2.05, 4.69) is 107 Å². The maximum atomic E-state index is 11.3. The third-order valence-corrected chi connectivity index (χ3v) is 9.25. The summed E-state index contributed by atoms with van der Waals surface area (Å²) < 4.78 is 0. The normalized spacial score (nSPS) is 21.4. The van der Waals surface area contributed by atoms with Gasteiger partial charge in [0.05, 0.1) is 0 Å². The first-order valence-corrected chi connectivity index (χ1v) is 13.9. The second-order valence-corrected chi connectivity index (χ2v) is 14.8. The number of benzene rings is 1. The number of likely N-dealkylation sites (tertiary alicyclic amines) is 1. The molecule has 0 saturated carbocycles. The van der Waals surface area contributed by atoms with Gasteiger partial charge in [0.2, 0.25) is 0 Å². The fourth-order valence-corrected chi connectivity index (χ4v) is 6.71. The second kappa shape index (κ2) is 9.79. The molecule has 196 valence electrons. The molecule has 2 rings (SSSR count). The van der Waals surface area contributed by atoms with Gasteiger partial charge in [-0.2, -0.15) is 0 Å². The van der Waals surface area contributed by atoms with Crippen LogP contribution in [0.15, 0.2) is 12.1 Å². The smallest absolute Gasteiger partial charge is 0.123 e. The largest absolute Gasteiger partial charge is 0.507 e. The van der Waals surface area contributed by atoms with Gasteiger partial charge < -0.3 is 5.11 Å². The van der Waals surface area contributed by atoms with Crippen molar-refractivity contribution in [2.24, 2.45) is 11.3 Å². The monoisotopic (exact) mass is 471 g/mol. The van der Waals surface area contributed by atoms with E-state index in [4.69, 9.17) is 0 Å². The first-order chi connectivity index (χ1) is 15.3. The summed E-state index contributed by atoms with van der Waals surface area (Å²) in [5.74, 6) is 1.19. The summed E-state index contributed by atoms with van der Waals surface area (Å²) in [5, 5.41) is 11.3. The van der Waals surface area contributed by atoms with Crippen molar-refractivity contribution in [2.75, 3.05) is 7.05 Å². The molecule has 2 nitrogen and oxygen atoms in total. The summed E-state index contributed by atoms with van der Waals surface area (Å²) in [5.41, 5.74) is 4.11. The van der Waals surface area contributed by atoms with Crippen LogP contribution in [0, 0.1) is 11.3 Å². The van der Waals surface area contributed by atoms with Crippen molar-refractivity contribution in [3.05, 3.63) is 28.8 Å². The van der Waals surface area contributed by atoms with Crippen molar-refractivity contribution in [1.82, 2.24) is 4.90 Å². The molecule has 1 saturated heterocycles. The Morgan fingerprint density at radius 2 is 1.32 bits per heavy atom. The first kappa shape index (κ1) is 29.2. The zero-order valence-electron chi connectivity index (χ0n) is 25.1. The van der Waals surface area contributed by atoms with Gasteiger partial charge in [0.15, 0.2) is 0 Å². The van der Waals surface area contributed by atoms with Gasteiger partial charge in [0, 0.05) is 11.1 Å². The number of hydrogen-bond donors (Lipinski definition) is 1. The number of unbranched alkanes of at least 4 members (excludes halogenated alkanes) is 1. The number of rotatable bonds is 7. The van der Waals surface area contributed by atoms with Gasteiger partial charge in [-0.25, -0.2) is 0 Å². The summed E-state index contributed by atoms with van der Waals surface area (Å²) in [6.45, 7) is 27.9. The Hall–Kier alpha value is -1.02. The Balaban J connectivity index is 2.65. The number of phenols is 1. The van der Waals surface area contributed by atoms with Crippen LogP contribution in [-0.2, 0) is 17.3 Å². The molecule has 1 aromatic carbocycles. The van der Waals surface area contributed by atoms with Gasteiger partial charge >= 0.3 is 0 Å². The second-order valence-electron chi connectivity index (χ2n) is 14.8. The molecule has 0 aliphatic carbocycles. The Kier molecular flexibility index (Phi) is 8.42. The zero-order chi connectivity index (χ0) is 26.3. The van der Waals surface area contributed by atoms with Gasteiger partial charge in [-0.3, -0.25) is 4.90 Å². The predicted octanol–water partition coefficient (Wildman–Crippen LogP) is 9.02. The van der Waals surface area contributed by atoms with Crippen molar-refractivity contribution in [1.29, 1.82) is 0 Å². The third kappa shape index (κ3) is 6.03. The lowest BCUT2D eigenvalue weighted by atomic mass is 9.58. The summed E-state index contributed by atoms with van der Waals surface area (Å²) in [4.78, 5) is 2.62. The average Bonchev–Trinajstić information content (AvgIpc) is 2.68. The molecule has 1 unspecified atom stereocenters. The van der Waals surface area contributed by atoms with Gasteiger partial charge in [-0.15, -0.1) is 0 Å². The van der Waals surface area contributed by atoms with E-state index in [0.717, 1.165) is 17.5 Å². The maximum absolute atomic E-state index is 11.3. The molecular weight excluding hydrogens is 414 g/mol. The fraction of sp³-hybridized carbons (Fsp3) is 0.812. The fourth-order valence-electron chi connectivity index (χ4n) is 6.71. The van der Waals surface area contributed by atoms with Crippen LogP contribution in [0.2, 0.25) is 0 Å². The van der Waals surface area contributed by atoms with Crippen molar-refractivity contribution in [2.45, 2.75) is 150 Å². The summed E-state index contributed by atoms with van der Waals surface area (Å²) in [6, 6.07) is 4.68. The zero-order valence-corrected chi connectivity index (χ0v) is 25.1. The van der Waals surface area contributed by atoms with Gasteiger partial charge in [0.25, 0.3) is 0 Å². The molecule has 0 spiro atoms. The molecule has 0 radical (unpaired) electrons. The molecule has 0 aromatic heterocycles. The molecule has 1 aliphatic heterocycles. The Bertz CT molecular complexity index is 783. The molecule has 2 heteroatoms. The van der Waals surface area contributed by atoms with Crippen LogP contribution in [0.3, 0.4) is 0 Å². The lowest BCUT2D eigenvalue weighted by molar-refractivity contribution is -0.0718. The average molecular weight is 472 g/mol. The highest BCUT2D eigenvalue weighted by Crippen LogP contribution is 2.53. The molecule has 1 aliphatic rings. The first-order valence-electron chi connectivity index (χ1n) is 13.9. The molecule has 1 heterocycles. The van der Waals surface area contributed by atoms with Gasteiger partial charge in [-0.1, -0.05) is 80.4 Å². The summed E-state index contributed by atoms with van der Waals surface area (Å²) in [7, 11) is 2.32. The van der Waals surface area contributed by atoms with Gasteiger partial charge in [-0.05, 0) is 106 Å². The molecule has 1 fully saturated rings. The van der Waals surface area contributed by atoms with E-state index in [1.807, 2.05) is 0 Å². The van der Waals surface area contributed by atoms with Crippen LogP contribution in [0.4, 0.5) is 0 Å². The number of hydrogen-bond acceptors (Lipinski definition) is 2. The van der Waals surface area contributed by atoms with E-state index >= 15 is 0 Å². The minimum absolute atomic E-state index is 0.0874. The number of aromatic hydroxyl groups is 1. The van der Waals surface area contributed by atoms with E-state index in [0.29, 0.717) is 11.7 Å². The van der Waals surface area contributed by atoms with E-state index in [9.17, 15) is 5.11 Å². The summed E-state index contributed by atoms with van der Waals surface area (Å²) >= 11 is 0. The van der Waals surface area contributed by atoms with Crippen LogP contribution in [-0.4, -0.2) is 28.1 Å². The van der Waals surface area contributed by atoms with E-state index in [1.165, 1.54) is 44.1 Å². The number of piperidine rings is 1. The highest BCUT2D eigenvalue weighted by Gasteiger charge is 2.49. The molecule has 0 bridgehead atoms. The lowest BCUT2D eigenvalue weighted by Crippen LogP contribution is -2.60. The van der Waals surface area contributed by atoms with Crippen LogP contribution in [0.5, 0.6) is 5.75 Å². The molecular formula is C32H57NO. The quantitative estimate of drug-likeness (QED) is 0.429. The standard InChI is InChI=1S/C32H57NO/c1-14-16-17-32(15-2,24-21-30(9,10)33(13)31(11,12)22-24)20-23-18-25(28(3,4)5)27(34)26(19-23)29(6,7)8/h18-19,24,34H,14-17,20-22H2,1-13H3. The minimum atomic E-state index is -0.0874.